The number of piperidine rings is 1. The summed E-state index contributed by atoms with van der Waals surface area (Å²) in [5.74, 6) is 0. The maximum Gasteiger partial charge on any atom is 0.293 e. The number of nitrogens with one attached hydrogen (secondary N) is 1. The van der Waals surface area contributed by atoms with Gasteiger partial charge in [-0.3, -0.25) is 9.59 Å². The molecule has 0 bridgehead atoms. The van der Waals surface area contributed by atoms with E-state index in [9.17, 15) is 9.59 Å². The molecule has 0 amide bonds. The molecule has 1 N–H and O–H groups in total. The van der Waals surface area contributed by atoms with Crippen molar-refractivity contribution in [3.05, 3.63) is 46.2 Å². The quantitative estimate of drug-likeness (QED) is 0.872. The predicted molar refractivity (Wildman–Crippen MR) is 87.4 cm³/mol. The molecule has 0 radical (unpaired) electrons. The lowest BCUT2D eigenvalue weighted by Gasteiger charge is -2.34. The number of rotatable bonds is 4. The maximum atomic E-state index is 11.1. The molecule has 3 rings (SSSR count). The first-order valence-corrected chi connectivity index (χ1v) is 7.68. The highest BCUT2D eigenvalue weighted by Gasteiger charge is 2.22. The molecular weight excluding hydrogens is 294 g/mol. The number of anilines is 1. The van der Waals surface area contributed by atoms with Crippen LogP contribution >= 0.6 is 0 Å². The van der Waals surface area contributed by atoms with E-state index >= 15 is 0 Å². The number of aromatic nitrogens is 2. The molecule has 0 spiro atoms. The van der Waals surface area contributed by atoms with Crippen LogP contribution in [0.3, 0.4) is 0 Å². The van der Waals surface area contributed by atoms with Crippen molar-refractivity contribution in [3.63, 3.8) is 0 Å². The predicted octanol–water partition coefficient (Wildman–Crippen LogP) is 1.89. The average molecular weight is 313 g/mol. The largest absolute Gasteiger partial charge is 0.463 e. The van der Waals surface area contributed by atoms with E-state index < -0.39 is 0 Å². The lowest BCUT2D eigenvalue weighted by molar-refractivity contribution is -0.133. The SMILES string of the molecule is Cc1cc(-c2ccc(=O)[nH]n2)ccc1N1CCCC(OC=O)C1. The number of carbonyl (C=O) groups excluding carboxylic acids is 1. The Kier molecular flexibility index (Phi) is 4.41. The van der Waals surface area contributed by atoms with Gasteiger partial charge in [0.15, 0.2) is 0 Å². The van der Waals surface area contributed by atoms with Gasteiger partial charge < -0.3 is 9.64 Å². The Morgan fingerprint density at radius 1 is 1.35 bits per heavy atom. The third-order valence-electron chi connectivity index (χ3n) is 4.14. The van der Waals surface area contributed by atoms with Gasteiger partial charge >= 0.3 is 0 Å². The molecule has 0 aliphatic carbocycles. The van der Waals surface area contributed by atoms with Crippen LogP contribution in [-0.2, 0) is 9.53 Å². The Labute approximate surface area is 134 Å². The summed E-state index contributed by atoms with van der Waals surface area (Å²) in [5.41, 5.74) is 3.75. The smallest absolute Gasteiger partial charge is 0.293 e. The highest BCUT2D eigenvalue weighted by atomic mass is 16.5. The number of nitrogens with zero attached hydrogens (tertiary/aromatic N) is 2. The van der Waals surface area contributed by atoms with E-state index in [0.717, 1.165) is 48.4 Å². The van der Waals surface area contributed by atoms with Crippen molar-refractivity contribution < 1.29 is 9.53 Å². The van der Waals surface area contributed by atoms with Gasteiger partial charge in [-0.15, -0.1) is 0 Å². The summed E-state index contributed by atoms with van der Waals surface area (Å²) < 4.78 is 5.11. The Morgan fingerprint density at radius 3 is 2.91 bits per heavy atom. The van der Waals surface area contributed by atoms with Crippen LogP contribution in [0, 0.1) is 6.92 Å². The molecule has 6 nitrogen and oxygen atoms in total. The number of hydrogen-bond donors (Lipinski definition) is 1. The Hall–Kier alpha value is -2.63. The zero-order valence-electron chi connectivity index (χ0n) is 13.0. The lowest BCUT2D eigenvalue weighted by Crippen LogP contribution is -2.39. The van der Waals surface area contributed by atoms with Gasteiger partial charge in [0.2, 0.25) is 0 Å². The fraction of sp³-hybridized carbons (Fsp3) is 0.353. The molecule has 1 unspecified atom stereocenters. The van der Waals surface area contributed by atoms with E-state index in [2.05, 4.69) is 34.2 Å². The molecule has 1 aromatic heterocycles. The molecule has 1 aliphatic rings. The van der Waals surface area contributed by atoms with Crippen molar-refractivity contribution in [2.24, 2.45) is 0 Å². The third kappa shape index (κ3) is 3.41. The molecule has 1 atom stereocenters. The highest BCUT2D eigenvalue weighted by molar-refractivity contribution is 5.66. The third-order valence-corrected chi connectivity index (χ3v) is 4.14. The monoisotopic (exact) mass is 313 g/mol. The van der Waals surface area contributed by atoms with Gasteiger partial charge in [0.25, 0.3) is 12.0 Å². The van der Waals surface area contributed by atoms with E-state index in [1.54, 1.807) is 6.07 Å². The summed E-state index contributed by atoms with van der Waals surface area (Å²) in [6, 6.07) is 9.29. The van der Waals surface area contributed by atoms with Crippen molar-refractivity contribution >= 4 is 12.2 Å². The fourth-order valence-corrected chi connectivity index (χ4v) is 3.02. The van der Waals surface area contributed by atoms with E-state index in [4.69, 9.17) is 4.74 Å². The van der Waals surface area contributed by atoms with Crippen molar-refractivity contribution in [2.45, 2.75) is 25.9 Å². The van der Waals surface area contributed by atoms with Gasteiger partial charge in [0.1, 0.15) is 6.10 Å². The molecule has 120 valence electrons. The minimum Gasteiger partial charge on any atom is -0.463 e. The van der Waals surface area contributed by atoms with Gasteiger partial charge in [0, 0.05) is 23.9 Å². The molecule has 23 heavy (non-hydrogen) atoms. The lowest BCUT2D eigenvalue weighted by atomic mass is 10.0. The number of H-pyrrole nitrogens is 1. The van der Waals surface area contributed by atoms with Crippen LogP contribution in [0.2, 0.25) is 0 Å². The minimum atomic E-state index is -0.211. The van der Waals surface area contributed by atoms with Crippen LogP contribution in [-0.4, -0.2) is 35.9 Å². The molecule has 1 aliphatic heterocycles. The van der Waals surface area contributed by atoms with Crippen LogP contribution in [0.5, 0.6) is 0 Å². The Morgan fingerprint density at radius 2 is 2.22 bits per heavy atom. The molecule has 0 saturated carbocycles. The molecule has 2 aromatic rings. The standard InChI is InChI=1S/C17H19N3O3/c1-12-9-13(15-5-7-17(22)19-18-15)4-6-16(12)20-8-2-3-14(10-20)23-11-21/h4-7,9,11,14H,2-3,8,10H2,1H3,(H,19,22). The number of hydrogen-bond acceptors (Lipinski definition) is 5. The molecule has 1 aromatic carbocycles. The first-order valence-electron chi connectivity index (χ1n) is 7.68. The number of carbonyl (C=O) groups is 1. The number of aryl methyl sites for hydroxylation is 1. The van der Waals surface area contributed by atoms with Gasteiger partial charge in [-0.05, 0) is 43.5 Å². The average Bonchev–Trinajstić information content (AvgIpc) is 2.56. The summed E-state index contributed by atoms with van der Waals surface area (Å²) in [4.78, 5) is 23.9. The van der Waals surface area contributed by atoms with Crippen molar-refractivity contribution in [2.75, 3.05) is 18.0 Å². The van der Waals surface area contributed by atoms with E-state index in [-0.39, 0.29) is 11.7 Å². The molecule has 6 heteroatoms. The van der Waals surface area contributed by atoms with Crippen molar-refractivity contribution in [1.29, 1.82) is 0 Å². The summed E-state index contributed by atoms with van der Waals surface area (Å²) in [6.07, 6.45) is 1.87. The van der Waals surface area contributed by atoms with Crippen LogP contribution in [0.25, 0.3) is 11.3 Å². The van der Waals surface area contributed by atoms with Crippen molar-refractivity contribution in [1.82, 2.24) is 10.2 Å². The molecule has 2 heterocycles. The Balaban J connectivity index is 1.83. The second kappa shape index (κ2) is 6.64. The van der Waals surface area contributed by atoms with Crippen LogP contribution in [0.15, 0.2) is 35.1 Å². The molecule has 1 saturated heterocycles. The normalized spacial score (nSPS) is 17.8. The van der Waals surface area contributed by atoms with Gasteiger partial charge in [0.05, 0.1) is 12.2 Å². The van der Waals surface area contributed by atoms with Gasteiger partial charge in [-0.25, -0.2) is 5.10 Å². The maximum absolute atomic E-state index is 11.1. The second-order valence-electron chi connectivity index (χ2n) is 5.75. The number of aromatic amines is 1. The van der Waals surface area contributed by atoms with Crippen molar-refractivity contribution in [3.8, 4) is 11.3 Å². The number of ether oxygens (including phenoxy) is 1. The van der Waals surface area contributed by atoms with E-state index in [1.807, 2.05) is 6.07 Å². The summed E-state index contributed by atoms with van der Waals surface area (Å²) in [7, 11) is 0. The molecular formula is C17H19N3O3. The number of benzene rings is 1. The van der Waals surface area contributed by atoms with Crippen LogP contribution in [0.4, 0.5) is 5.69 Å². The second-order valence-corrected chi connectivity index (χ2v) is 5.75. The fourth-order valence-electron chi connectivity index (χ4n) is 3.02. The van der Waals surface area contributed by atoms with Gasteiger partial charge in [-0.2, -0.15) is 5.10 Å². The zero-order valence-corrected chi connectivity index (χ0v) is 13.0. The van der Waals surface area contributed by atoms with Crippen LogP contribution < -0.4 is 10.5 Å². The summed E-state index contributed by atoms with van der Waals surface area (Å²) >= 11 is 0. The zero-order chi connectivity index (χ0) is 16.2. The van der Waals surface area contributed by atoms with Gasteiger partial charge in [-0.1, -0.05) is 6.07 Å². The van der Waals surface area contributed by atoms with E-state index in [1.165, 1.54) is 6.07 Å². The first-order chi connectivity index (χ1) is 11.2. The summed E-state index contributed by atoms with van der Waals surface area (Å²) in [6.45, 7) is 4.26. The minimum absolute atomic E-state index is 0.0406. The molecule has 1 fully saturated rings. The van der Waals surface area contributed by atoms with E-state index in [0.29, 0.717) is 6.47 Å². The van der Waals surface area contributed by atoms with Crippen LogP contribution in [0.1, 0.15) is 18.4 Å². The topological polar surface area (TPSA) is 75.3 Å². The summed E-state index contributed by atoms with van der Waals surface area (Å²) in [5, 5.41) is 6.51. The highest BCUT2D eigenvalue weighted by Crippen LogP contribution is 2.28. The Bertz CT molecular complexity index is 736. The first kappa shape index (κ1) is 15.3.